The Hall–Kier alpha value is -0.490. The smallest absolute Gasteiger partial charge is 0.153 e. The van der Waals surface area contributed by atoms with Gasteiger partial charge in [0.15, 0.2) is 9.84 Å². The molecule has 0 saturated heterocycles. The van der Waals surface area contributed by atoms with Crippen molar-refractivity contribution < 1.29 is 13.2 Å². The Morgan fingerprint density at radius 3 is 2.58 bits per heavy atom. The minimum absolute atomic E-state index is 0.0263. The standard InChI is InChI=1S/C12H17Cl2NO3S/c1-3-19(16,17)5-4-18-12-9(8-15-2)6-10(13)7-11(12)14/h6-7,15H,3-5,8H2,1-2H3. The van der Waals surface area contributed by atoms with Crippen LogP contribution >= 0.6 is 23.2 Å². The first-order valence-corrected chi connectivity index (χ1v) is 8.43. The maximum Gasteiger partial charge on any atom is 0.153 e. The maximum atomic E-state index is 11.4. The van der Waals surface area contributed by atoms with Crippen molar-refractivity contribution in [3.63, 3.8) is 0 Å². The van der Waals surface area contributed by atoms with E-state index in [2.05, 4.69) is 5.32 Å². The molecule has 0 aliphatic carbocycles. The number of ether oxygens (including phenoxy) is 1. The van der Waals surface area contributed by atoms with Crippen molar-refractivity contribution in [1.82, 2.24) is 5.32 Å². The maximum absolute atomic E-state index is 11.4. The number of halogens is 2. The third kappa shape index (κ3) is 5.18. The fourth-order valence-electron chi connectivity index (χ4n) is 1.51. The van der Waals surface area contributed by atoms with E-state index in [-0.39, 0.29) is 18.1 Å². The molecule has 0 saturated carbocycles. The van der Waals surface area contributed by atoms with Gasteiger partial charge in [0, 0.05) is 22.9 Å². The molecule has 1 rings (SSSR count). The number of hydrogen-bond donors (Lipinski definition) is 1. The predicted molar refractivity (Wildman–Crippen MR) is 79.0 cm³/mol. The van der Waals surface area contributed by atoms with E-state index < -0.39 is 9.84 Å². The van der Waals surface area contributed by atoms with Gasteiger partial charge in [0.2, 0.25) is 0 Å². The Kier molecular flexibility index (Phi) is 6.39. The molecule has 0 aromatic heterocycles. The van der Waals surface area contributed by atoms with Crippen LogP contribution in [0, 0.1) is 0 Å². The molecule has 19 heavy (non-hydrogen) atoms. The van der Waals surface area contributed by atoms with Crippen LogP contribution in [0.5, 0.6) is 5.75 Å². The summed E-state index contributed by atoms with van der Waals surface area (Å²) in [5, 5.41) is 3.88. The van der Waals surface area contributed by atoms with Crippen molar-refractivity contribution in [3.8, 4) is 5.75 Å². The lowest BCUT2D eigenvalue weighted by Crippen LogP contribution is -2.17. The molecule has 108 valence electrons. The van der Waals surface area contributed by atoms with Crippen molar-refractivity contribution >= 4 is 33.0 Å². The Morgan fingerprint density at radius 1 is 1.32 bits per heavy atom. The summed E-state index contributed by atoms with van der Waals surface area (Å²) >= 11 is 12.0. The van der Waals surface area contributed by atoms with Crippen molar-refractivity contribution in [1.29, 1.82) is 0 Å². The van der Waals surface area contributed by atoms with Crippen molar-refractivity contribution in [3.05, 3.63) is 27.7 Å². The fourth-order valence-corrected chi connectivity index (χ4v) is 2.73. The van der Waals surface area contributed by atoms with Crippen LogP contribution in [0.15, 0.2) is 12.1 Å². The molecule has 1 aromatic carbocycles. The van der Waals surface area contributed by atoms with Gasteiger partial charge in [-0.3, -0.25) is 0 Å². The fraction of sp³-hybridized carbons (Fsp3) is 0.500. The highest BCUT2D eigenvalue weighted by molar-refractivity contribution is 7.91. The molecule has 0 spiro atoms. The Balaban J connectivity index is 2.82. The highest BCUT2D eigenvalue weighted by Crippen LogP contribution is 2.32. The Morgan fingerprint density at radius 2 is 2.00 bits per heavy atom. The van der Waals surface area contributed by atoms with E-state index in [0.717, 1.165) is 5.56 Å². The molecule has 0 unspecified atom stereocenters. The molecule has 0 bridgehead atoms. The van der Waals surface area contributed by atoms with Gasteiger partial charge in [-0.2, -0.15) is 0 Å². The van der Waals surface area contributed by atoms with Crippen LogP contribution in [0.25, 0.3) is 0 Å². The van der Waals surface area contributed by atoms with E-state index in [9.17, 15) is 8.42 Å². The summed E-state index contributed by atoms with van der Waals surface area (Å²) in [5.74, 6) is 0.557. The van der Waals surface area contributed by atoms with Gasteiger partial charge in [-0.25, -0.2) is 8.42 Å². The Labute approximate surface area is 124 Å². The van der Waals surface area contributed by atoms with E-state index in [0.29, 0.717) is 22.3 Å². The number of nitrogens with one attached hydrogen (secondary N) is 1. The van der Waals surface area contributed by atoms with Crippen molar-refractivity contribution in [2.45, 2.75) is 13.5 Å². The summed E-state index contributed by atoms with van der Waals surface area (Å²) in [6.45, 7) is 2.22. The van der Waals surface area contributed by atoms with E-state index in [1.807, 2.05) is 0 Å². The van der Waals surface area contributed by atoms with Crippen LogP contribution in [-0.2, 0) is 16.4 Å². The molecule has 1 N–H and O–H groups in total. The van der Waals surface area contributed by atoms with Crippen LogP contribution in [0.1, 0.15) is 12.5 Å². The normalized spacial score (nSPS) is 11.6. The van der Waals surface area contributed by atoms with Gasteiger partial charge in [0.1, 0.15) is 12.4 Å². The minimum Gasteiger partial charge on any atom is -0.491 e. The van der Waals surface area contributed by atoms with Crippen LogP contribution in [0.2, 0.25) is 10.0 Å². The van der Waals surface area contributed by atoms with Crippen molar-refractivity contribution in [2.24, 2.45) is 0 Å². The highest BCUT2D eigenvalue weighted by Gasteiger charge is 2.13. The van der Waals surface area contributed by atoms with E-state index in [1.165, 1.54) is 0 Å². The molecule has 0 radical (unpaired) electrons. The summed E-state index contributed by atoms with van der Waals surface area (Å²) in [6.07, 6.45) is 0. The zero-order valence-electron chi connectivity index (χ0n) is 10.9. The minimum atomic E-state index is -3.05. The second kappa shape index (κ2) is 7.33. The van der Waals surface area contributed by atoms with Gasteiger partial charge in [-0.15, -0.1) is 0 Å². The third-order valence-corrected chi connectivity index (χ3v) is 4.70. The largest absolute Gasteiger partial charge is 0.491 e. The van der Waals surface area contributed by atoms with Gasteiger partial charge >= 0.3 is 0 Å². The van der Waals surface area contributed by atoms with Gasteiger partial charge in [-0.1, -0.05) is 30.1 Å². The van der Waals surface area contributed by atoms with Gasteiger partial charge in [0.05, 0.1) is 10.8 Å². The third-order valence-electron chi connectivity index (χ3n) is 2.53. The van der Waals surface area contributed by atoms with Crippen LogP contribution < -0.4 is 10.1 Å². The average molecular weight is 326 g/mol. The van der Waals surface area contributed by atoms with Crippen molar-refractivity contribution in [2.75, 3.05) is 25.2 Å². The van der Waals surface area contributed by atoms with Gasteiger partial charge < -0.3 is 10.1 Å². The highest BCUT2D eigenvalue weighted by atomic mass is 35.5. The molecule has 0 aliphatic heterocycles. The topological polar surface area (TPSA) is 55.4 Å². The molecule has 0 fully saturated rings. The van der Waals surface area contributed by atoms with E-state index in [1.54, 1.807) is 26.1 Å². The molecule has 0 atom stereocenters. The molecule has 0 aliphatic rings. The lowest BCUT2D eigenvalue weighted by molar-refractivity contribution is 0.337. The summed E-state index contributed by atoms with van der Waals surface area (Å²) in [4.78, 5) is 0. The molecule has 1 aromatic rings. The first-order chi connectivity index (χ1) is 8.89. The second-order valence-corrected chi connectivity index (χ2v) is 7.31. The molecular formula is C12H17Cl2NO3S. The monoisotopic (exact) mass is 325 g/mol. The second-order valence-electron chi connectivity index (χ2n) is 3.99. The van der Waals surface area contributed by atoms with Gasteiger partial charge in [0.25, 0.3) is 0 Å². The number of sulfone groups is 1. The number of rotatable bonds is 7. The molecule has 0 amide bonds. The summed E-state index contributed by atoms with van der Waals surface area (Å²) in [5.41, 5.74) is 0.800. The summed E-state index contributed by atoms with van der Waals surface area (Å²) in [6, 6.07) is 3.32. The first kappa shape index (κ1) is 16.6. The summed E-state index contributed by atoms with van der Waals surface area (Å²) in [7, 11) is -1.25. The SMILES string of the molecule is CCS(=O)(=O)CCOc1c(Cl)cc(Cl)cc1CNC. The number of hydrogen-bond acceptors (Lipinski definition) is 4. The van der Waals surface area contributed by atoms with E-state index in [4.69, 9.17) is 27.9 Å². The molecule has 7 heteroatoms. The zero-order valence-corrected chi connectivity index (χ0v) is 13.2. The summed E-state index contributed by atoms with van der Waals surface area (Å²) < 4.78 is 28.3. The first-order valence-electron chi connectivity index (χ1n) is 5.85. The number of benzene rings is 1. The molecule has 4 nitrogen and oxygen atoms in total. The lowest BCUT2D eigenvalue weighted by Gasteiger charge is -2.13. The Bertz CT molecular complexity index is 532. The van der Waals surface area contributed by atoms with Gasteiger partial charge in [-0.05, 0) is 19.2 Å². The quantitative estimate of drug-likeness (QED) is 0.837. The zero-order chi connectivity index (χ0) is 14.5. The van der Waals surface area contributed by atoms with Crippen LogP contribution in [-0.4, -0.2) is 33.6 Å². The average Bonchev–Trinajstić information content (AvgIpc) is 2.33. The molecular weight excluding hydrogens is 309 g/mol. The van der Waals surface area contributed by atoms with E-state index >= 15 is 0 Å². The van der Waals surface area contributed by atoms with Crippen LogP contribution in [0.4, 0.5) is 0 Å². The predicted octanol–water partition coefficient (Wildman–Crippen LogP) is 2.53. The molecule has 0 heterocycles. The van der Waals surface area contributed by atoms with Crippen LogP contribution in [0.3, 0.4) is 0 Å². The lowest BCUT2D eigenvalue weighted by atomic mass is 10.2.